The van der Waals surface area contributed by atoms with E-state index in [1.165, 1.54) is 0 Å². The Balaban J connectivity index is 1.79. The number of piperidine rings is 1. The molecule has 120 valence electrons. The maximum atomic E-state index is 12.1. The summed E-state index contributed by atoms with van der Waals surface area (Å²) in [6.07, 6.45) is 3.66. The number of hydrogen-bond acceptors (Lipinski definition) is 3. The van der Waals surface area contributed by atoms with E-state index in [9.17, 15) is 14.7 Å². The van der Waals surface area contributed by atoms with Gasteiger partial charge in [-0.1, -0.05) is 13.3 Å². The third-order valence-corrected chi connectivity index (χ3v) is 4.76. The molecule has 21 heavy (non-hydrogen) atoms. The van der Waals surface area contributed by atoms with Crippen molar-refractivity contribution in [1.29, 1.82) is 0 Å². The number of nitrogens with zero attached hydrogens (tertiary/aromatic N) is 1. The van der Waals surface area contributed by atoms with Gasteiger partial charge in [0.05, 0.1) is 12.0 Å². The van der Waals surface area contributed by atoms with E-state index in [4.69, 9.17) is 4.74 Å². The van der Waals surface area contributed by atoms with E-state index in [0.717, 1.165) is 26.1 Å². The van der Waals surface area contributed by atoms with Crippen LogP contribution in [0.1, 0.15) is 39.0 Å². The number of carbonyl (C=O) groups is 2. The fourth-order valence-corrected chi connectivity index (χ4v) is 3.27. The monoisotopic (exact) mass is 298 g/mol. The summed E-state index contributed by atoms with van der Waals surface area (Å²) in [7, 11) is 0. The SMILES string of the molecule is CCCC1(C(=O)O)CCN(C(=O)NCC2CCOC2)CC1. The van der Waals surface area contributed by atoms with Crippen molar-refractivity contribution in [3.8, 4) is 0 Å². The molecule has 2 aliphatic rings. The summed E-state index contributed by atoms with van der Waals surface area (Å²) in [5, 5.41) is 12.4. The van der Waals surface area contributed by atoms with Crippen molar-refractivity contribution in [3.63, 3.8) is 0 Å². The second-order valence-electron chi connectivity index (χ2n) is 6.24. The molecule has 2 rings (SSSR count). The molecule has 0 aliphatic carbocycles. The molecule has 1 atom stereocenters. The molecular weight excluding hydrogens is 272 g/mol. The van der Waals surface area contributed by atoms with Gasteiger partial charge in [-0.25, -0.2) is 4.79 Å². The molecule has 6 heteroatoms. The second kappa shape index (κ2) is 7.11. The number of ether oxygens (including phenoxy) is 1. The van der Waals surface area contributed by atoms with Crippen molar-refractivity contribution >= 4 is 12.0 Å². The van der Waals surface area contributed by atoms with Crippen LogP contribution in [0.5, 0.6) is 0 Å². The van der Waals surface area contributed by atoms with Crippen LogP contribution in [0.25, 0.3) is 0 Å². The van der Waals surface area contributed by atoms with Crippen molar-refractivity contribution < 1.29 is 19.4 Å². The predicted octanol–water partition coefficient (Wildman–Crippen LogP) is 1.70. The smallest absolute Gasteiger partial charge is 0.317 e. The number of likely N-dealkylation sites (tertiary alicyclic amines) is 1. The number of rotatable bonds is 5. The van der Waals surface area contributed by atoms with E-state index >= 15 is 0 Å². The number of nitrogens with one attached hydrogen (secondary N) is 1. The Morgan fingerprint density at radius 3 is 2.62 bits per heavy atom. The van der Waals surface area contributed by atoms with E-state index in [-0.39, 0.29) is 6.03 Å². The van der Waals surface area contributed by atoms with Crippen molar-refractivity contribution in [2.24, 2.45) is 11.3 Å². The lowest BCUT2D eigenvalue weighted by molar-refractivity contribution is -0.152. The van der Waals surface area contributed by atoms with Gasteiger partial charge in [0.25, 0.3) is 0 Å². The van der Waals surface area contributed by atoms with Crippen LogP contribution in [0.3, 0.4) is 0 Å². The Morgan fingerprint density at radius 2 is 2.10 bits per heavy atom. The summed E-state index contributed by atoms with van der Waals surface area (Å²) < 4.78 is 5.29. The van der Waals surface area contributed by atoms with Crippen LogP contribution >= 0.6 is 0 Å². The van der Waals surface area contributed by atoms with E-state index in [0.29, 0.717) is 44.8 Å². The molecule has 0 aromatic heterocycles. The molecule has 6 nitrogen and oxygen atoms in total. The lowest BCUT2D eigenvalue weighted by Gasteiger charge is -2.38. The topological polar surface area (TPSA) is 78.9 Å². The molecule has 2 N–H and O–H groups in total. The lowest BCUT2D eigenvalue weighted by Crippen LogP contribution is -2.50. The molecular formula is C15H26N2O4. The number of amides is 2. The van der Waals surface area contributed by atoms with Crippen molar-refractivity contribution in [3.05, 3.63) is 0 Å². The number of carbonyl (C=O) groups excluding carboxylic acids is 1. The third-order valence-electron chi connectivity index (χ3n) is 4.76. The van der Waals surface area contributed by atoms with Gasteiger partial charge < -0.3 is 20.1 Å². The molecule has 0 bridgehead atoms. The maximum absolute atomic E-state index is 12.1. The zero-order chi connectivity index (χ0) is 15.3. The first-order valence-electron chi connectivity index (χ1n) is 7.91. The number of carboxylic acid groups (broad SMARTS) is 1. The lowest BCUT2D eigenvalue weighted by atomic mass is 9.75. The van der Waals surface area contributed by atoms with Gasteiger partial charge in [0.1, 0.15) is 0 Å². The molecule has 1 unspecified atom stereocenters. The maximum Gasteiger partial charge on any atom is 0.317 e. The highest BCUT2D eigenvalue weighted by Gasteiger charge is 2.41. The van der Waals surface area contributed by atoms with Gasteiger partial charge >= 0.3 is 12.0 Å². The van der Waals surface area contributed by atoms with E-state index in [2.05, 4.69) is 5.32 Å². The van der Waals surface area contributed by atoms with Gasteiger partial charge in [-0.05, 0) is 25.7 Å². The fourth-order valence-electron chi connectivity index (χ4n) is 3.27. The highest BCUT2D eigenvalue weighted by molar-refractivity contribution is 5.77. The van der Waals surface area contributed by atoms with Gasteiger partial charge in [-0.15, -0.1) is 0 Å². The summed E-state index contributed by atoms with van der Waals surface area (Å²) in [5.74, 6) is -0.301. The summed E-state index contributed by atoms with van der Waals surface area (Å²) in [6, 6.07) is -0.0719. The van der Waals surface area contributed by atoms with Gasteiger partial charge in [-0.3, -0.25) is 4.79 Å². The van der Waals surface area contributed by atoms with Gasteiger partial charge in [-0.2, -0.15) is 0 Å². The minimum Gasteiger partial charge on any atom is -0.481 e. The summed E-state index contributed by atoms with van der Waals surface area (Å²) in [4.78, 5) is 25.4. The Kier molecular flexibility index (Phi) is 5.45. The largest absolute Gasteiger partial charge is 0.481 e. The molecule has 0 aromatic carbocycles. The van der Waals surface area contributed by atoms with Crippen LogP contribution in [0, 0.1) is 11.3 Å². The molecule has 0 radical (unpaired) electrons. The molecule has 2 heterocycles. The minimum atomic E-state index is -0.715. The van der Waals surface area contributed by atoms with E-state index < -0.39 is 11.4 Å². The molecule has 0 aromatic rings. The van der Waals surface area contributed by atoms with Crippen LogP contribution < -0.4 is 5.32 Å². The number of hydrogen-bond donors (Lipinski definition) is 2. The average Bonchev–Trinajstić information content (AvgIpc) is 2.99. The number of aliphatic carboxylic acids is 1. The Morgan fingerprint density at radius 1 is 1.38 bits per heavy atom. The van der Waals surface area contributed by atoms with E-state index in [1.807, 2.05) is 6.92 Å². The van der Waals surface area contributed by atoms with E-state index in [1.54, 1.807) is 4.90 Å². The summed E-state index contributed by atoms with van der Waals surface area (Å²) >= 11 is 0. The van der Waals surface area contributed by atoms with Crippen molar-refractivity contribution in [1.82, 2.24) is 10.2 Å². The minimum absolute atomic E-state index is 0.0719. The second-order valence-corrected chi connectivity index (χ2v) is 6.24. The summed E-state index contributed by atoms with van der Waals surface area (Å²) in [5.41, 5.74) is -0.634. The van der Waals surface area contributed by atoms with Crippen molar-refractivity contribution in [2.45, 2.75) is 39.0 Å². The molecule has 2 fully saturated rings. The molecule has 2 saturated heterocycles. The Labute approximate surface area is 125 Å². The molecule has 0 saturated carbocycles. The predicted molar refractivity (Wildman–Crippen MR) is 78.1 cm³/mol. The average molecular weight is 298 g/mol. The van der Waals surface area contributed by atoms with Gasteiger partial charge in [0, 0.05) is 32.2 Å². The Bertz CT molecular complexity index is 372. The van der Waals surface area contributed by atoms with Crippen molar-refractivity contribution in [2.75, 3.05) is 32.8 Å². The van der Waals surface area contributed by atoms with Crippen LogP contribution in [0.15, 0.2) is 0 Å². The van der Waals surface area contributed by atoms with Gasteiger partial charge in [0.15, 0.2) is 0 Å². The molecule has 2 aliphatic heterocycles. The first kappa shape index (κ1) is 16.1. The quantitative estimate of drug-likeness (QED) is 0.809. The number of urea groups is 1. The highest BCUT2D eigenvalue weighted by Crippen LogP contribution is 2.36. The zero-order valence-corrected chi connectivity index (χ0v) is 12.8. The van der Waals surface area contributed by atoms with Crippen LogP contribution in [-0.4, -0.2) is 54.9 Å². The summed E-state index contributed by atoms with van der Waals surface area (Å²) in [6.45, 7) is 5.21. The standard InChI is InChI=1S/C15H26N2O4/c1-2-4-15(13(18)19)5-7-17(8-6-15)14(20)16-10-12-3-9-21-11-12/h12H,2-11H2,1H3,(H,16,20)(H,18,19). The first-order valence-corrected chi connectivity index (χ1v) is 7.91. The molecule has 2 amide bonds. The Hall–Kier alpha value is -1.30. The first-order chi connectivity index (χ1) is 10.1. The third kappa shape index (κ3) is 3.87. The van der Waals surface area contributed by atoms with Crippen LogP contribution in [-0.2, 0) is 9.53 Å². The normalized spacial score (nSPS) is 24.8. The van der Waals surface area contributed by atoms with Gasteiger partial charge in [0.2, 0.25) is 0 Å². The number of carboxylic acids is 1. The van der Waals surface area contributed by atoms with Crippen LogP contribution in [0.4, 0.5) is 4.79 Å². The fraction of sp³-hybridized carbons (Fsp3) is 0.867. The zero-order valence-electron chi connectivity index (χ0n) is 12.8. The highest BCUT2D eigenvalue weighted by atomic mass is 16.5. The molecule has 0 spiro atoms. The van der Waals surface area contributed by atoms with Crippen LogP contribution in [0.2, 0.25) is 0 Å².